The lowest BCUT2D eigenvalue weighted by Crippen LogP contribution is -2.53. The molecule has 0 aliphatic rings. The summed E-state index contributed by atoms with van der Waals surface area (Å²) in [5.74, 6) is -0.591. The number of hydrogen-bond donors (Lipinski definition) is 5. The third-order valence-electron chi connectivity index (χ3n) is 12.2. The quantitative estimate of drug-likeness (QED) is 0.0311. The number of rotatable bonds is 47. The molecule has 0 aromatic carbocycles. The van der Waals surface area contributed by atoms with Crippen molar-refractivity contribution in [1.29, 1.82) is 0 Å². The summed E-state index contributed by atoms with van der Waals surface area (Å²) in [5.41, 5.74) is 0. The second-order valence-electron chi connectivity index (χ2n) is 17.9. The van der Waals surface area contributed by atoms with E-state index in [1.807, 2.05) is 0 Å². The summed E-state index contributed by atoms with van der Waals surface area (Å²) in [6.07, 6.45) is 52.9. The van der Waals surface area contributed by atoms with Crippen molar-refractivity contribution in [3.8, 4) is 0 Å². The number of unbranched alkanes of at least 4 members (excludes halogenated alkanes) is 36. The fourth-order valence-corrected chi connectivity index (χ4v) is 8.17. The van der Waals surface area contributed by atoms with Crippen LogP contribution in [-0.4, -0.2) is 57.3 Å². The number of aliphatic hydroxyl groups excluding tert-OH is 4. The average molecular weight is 808 g/mol. The minimum atomic E-state index is -1.26. The normalized spacial score (nSPS) is 14.0. The first-order valence-corrected chi connectivity index (χ1v) is 25.6. The van der Waals surface area contributed by atoms with Gasteiger partial charge in [-0.25, -0.2) is 0 Å². The van der Waals surface area contributed by atoms with Gasteiger partial charge in [-0.3, -0.25) is 4.79 Å². The summed E-state index contributed by atoms with van der Waals surface area (Å²) >= 11 is 0. The molecule has 57 heavy (non-hydrogen) atoms. The average Bonchev–Trinajstić information content (AvgIpc) is 3.22. The highest BCUT2D eigenvalue weighted by atomic mass is 16.3. The van der Waals surface area contributed by atoms with Crippen LogP contribution in [0.2, 0.25) is 0 Å². The Balaban J connectivity index is 3.54. The smallest absolute Gasteiger partial charge is 0.249 e. The molecule has 1 amide bonds. The summed E-state index contributed by atoms with van der Waals surface area (Å²) in [4.78, 5) is 12.5. The van der Waals surface area contributed by atoms with Crippen LogP contribution < -0.4 is 5.32 Å². The number of amides is 1. The predicted octanol–water partition coefficient (Wildman–Crippen LogP) is 14.1. The van der Waals surface area contributed by atoms with Crippen LogP contribution in [0.1, 0.15) is 277 Å². The molecular formula is C51H101NO5. The summed E-state index contributed by atoms with van der Waals surface area (Å²) in [5, 5.41) is 43.7. The predicted molar refractivity (Wildman–Crippen MR) is 247 cm³/mol. The topological polar surface area (TPSA) is 110 Å². The van der Waals surface area contributed by atoms with Crippen molar-refractivity contribution in [1.82, 2.24) is 5.32 Å². The number of nitrogens with one attached hydrogen (secondary N) is 1. The Bertz CT molecular complexity index is 821. The third-order valence-corrected chi connectivity index (χ3v) is 12.2. The third kappa shape index (κ3) is 40.2. The molecule has 6 nitrogen and oxygen atoms in total. The lowest BCUT2D eigenvalue weighted by molar-refractivity contribution is -0.132. The van der Waals surface area contributed by atoms with Crippen LogP contribution in [0.15, 0.2) is 12.2 Å². The van der Waals surface area contributed by atoms with E-state index in [1.54, 1.807) is 0 Å². The molecular weight excluding hydrogens is 707 g/mol. The molecule has 340 valence electrons. The molecule has 0 rings (SSSR count). The Morgan fingerprint density at radius 3 is 1.05 bits per heavy atom. The van der Waals surface area contributed by atoms with E-state index in [0.29, 0.717) is 12.8 Å². The Labute approximate surface area is 355 Å². The Morgan fingerprint density at radius 2 is 0.702 bits per heavy atom. The molecule has 4 atom stereocenters. The van der Waals surface area contributed by atoms with Crippen molar-refractivity contribution in [3.63, 3.8) is 0 Å². The molecule has 0 saturated heterocycles. The van der Waals surface area contributed by atoms with Gasteiger partial charge in [-0.2, -0.15) is 0 Å². The van der Waals surface area contributed by atoms with Gasteiger partial charge in [-0.1, -0.05) is 251 Å². The molecule has 0 radical (unpaired) electrons. The summed E-state index contributed by atoms with van der Waals surface area (Å²) < 4.78 is 0. The number of allylic oxidation sites excluding steroid dienone is 2. The summed E-state index contributed by atoms with van der Waals surface area (Å²) in [6.45, 7) is 4.03. The number of carbonyl (C=O) groups is 1. The molecule has 0 saturated carbocycles. The number of carbonyl (C=O) groups excluding carboxylic acids is 1. The van der Waals surface area contributed by atoms with Crippen molar-refractivity contribution in [2.45, 2.75) is 301 Å². The number of hydrogen-bond acceptors (Lipinski definition) is 5. The van der Waals surface area contributed by atoms with Gasteiger partial charge in [0.2, 0.25) is 5.91 Å². The van der Waals surface area contributed by atoms with Gasteiger partial charge in [0.15, 0.2) is 0 Å². The molecule has 0 spiro atoms. The minimum Gasteiger partial charge on any atom is -0.394 e. The van der Waals surface area contributed by atoms with Crippen LogP contribution in [0.4, 0.5) is 0 Å². The molecule has 4 unspecified atom stereocenters. The first kappa shape index (κ1) is 56.0. The van der Waals surface area contributed by atoms with E-state index in [9.17, 15) is 25.2 Å². The molecule has 0 fully saturated rings. The van der Waals surface area contributed by atoms with E-state index >= 15 is 0 Å². The van der Waals surface area contributed by atoms with Gasteiger partial charge in [0.25, 0.3) is 0 Å². The summed E-state index contributed by atoms with van der Waals surface area (Å²) in [6, 6.07) is -0.986. The lowest BCUT2D eigenvalue weighted by atomic mass is 9.99. The van der Waals surface area contributed by atoms with Gasteiger partial charge in [0.05, 0.1) is 18.8 Å². The highest BCUT2D eigenvalue weighted by Crippen LogP contribution is 2.18. The standard InChI is InChI=1S/C51H101NO5/c1-3-5-7-9-11-13-15-16-17-18-19-20-21-22-23-24-25-26-27-28-29-30-31-32-33-35-36-38-40-42-44-48(54)50(56)47(46-53)52-51(57)49(55)45-43-41-39-37-34-14-12-10-8-6-4-2/h12,14,47-50,53-56H,3-11,13,15-46H2,1-2H3,(H,52,57)/b14-12-. The largest absolute Gasteiger partial charge is 0.394 e. The molecule has 0 aromatic rings. The van der Waals surface area contributed by atoms with Gasteiger partial charge in [-0.05, 0) is 38.5 Å². The molecule has 5 N–H and O–H groups in total. The lowest BCUT2D eigenvalue weighted by Gasteiger charge is -2.27. The first-order chi connectivity index (χ1) is 28.0. The molecule has 0 aliphatic heterocycles. The van der Waals surface area contributed by atoms with Gasteiger partial charge in [-0.15, -0.1) is 0 Å². The van der Waals surface area contributed by atoms with E-state index in [-0.39, 0.29) is 0 Å². The van der Waals surface area contributed by atoms with Gasteiger partial charge in [0, 0.05) is 0 Å². The van der Waals surface area contributed by atoms with Crippen molar-refractivity contribution >= 4 is 5.91 Å². The first-order valence-electron chi connectivity index (χ1n) is 25.6. The van der Waals surface area contributed by atoms with Crippen LogP contribution in [0.5, 0.6) is 0 Å². The zero-order valence-corrected chi connectivity index (χ0v) is 38.4. The van der Waals surface area contributed by atoms with Crippen LogP contribution in [0.3, 0.4) is 0 Å². The van der Waals surface area contributed by atoms with Crippen molar-refractivity contribution in [2.24, 2.45) is 0 Å². The van der Waals surface area contributed by atoms with Crippen molar-refractivity contribution in [2.75, 3.05) is 6.61 Å². The maximum atomic E-state index is 12.5. The second kappa shape index (κ2) is 46.1. The molecule has 0 heterocycles. The van der Waals surface area contributed by atoms with E-state index in [1.165, 1.54) is 193 Å². The fraction of sp³-hybridized carbons (Fsp3) is 0.941. The second-order valence-corrected chi connectivity index (χ2v) is 17.9. The summed E-state index contributed by atoms with van der Waals surface area (Å²) in [7, 11) is 0. The van der Waals surface area contributed by atoms with E-state index < -0.39 is 36.9 Å². The van der Waals surface area contributed by atoms with Crippen LogP contribution in [0, 0.1) is 0 Å². The van der Waals surface area contributed by atoms with Crippen LogP contribution in [0.25, 0.3) is 0 Å². The van der Waals surface area contributed by atoms with Crippen molar-refractivity contribution in [3.05, 3.63) is 12.2 Å². The van der Waals surface area contributed by atoms with E-state index in [0.717, 1.165) is 57.8 Å². The molecule has 0 aliphatic carbocycles. The Hall–Kier alpha value is -0.950. The highest BCUT2D eigenvalue weighted by molar-refractivity contribution is 5.80. The van der Waals surface area contributed by atoms with Crippen LogP contribution >= 0.6 is 0 Å². The minimum absolute atomic E-state index is 0.356. The fourth-order valence-electron chi connectivity index (χ4n) is 8.17. The monoisotopic (exact) mass is 808 g/mol. The Morgan fingerprint density at radius 1 is 0.421 bits per heavy atom. The zero-order valence-electron chi connectivity index (χ0n) is 38.4. The van der Waals surface area contributed by atoms with Crippen molar-refractivity contribution < 1.29 is 25.2 Å². The maximum absolute atomic E-state index is 12.5. The maximum Gasteiger partial charge on any atom is 0.249 e. The molecule has 0 aromatic heterocycles. The van der Waals surface area contributed by atoms with E-state index in [2.05, 4.69) is 31.3 Å². The van der Waals surface area contributed by atoms with Gasteiger partial charge < -0.3 is 25.7 Å². The molecule has 0 bridgehead atoms. The van der Waals surface area contributed by atoms with E-state index in [4.69, 9.17) is 0 Å². The number of aliphatic hydroxyl groups is 4. The molecule has 6 heteroatoms. The van der Waals surface area contributed by atoms with Gasteiger partial charge >= 0.3 is 0 Å². The SMILES string of the molecule is CCCCC/C=C\CCCCCCC(O)C(=O)NC(CO)C(O)C(O)CCCCCCCCCCCCCCCCCCCCCCCCCCCCCCCC. The zero-order chi connectivity index (χ0) is 41.7. The Kier molecular flexibility index (Phi) is 45.4. The highest BCUT2D eigenvalue weighted by Gasteiger charge is 2.28. The van der Waals surface area contributed by atoms with Crippen LogP contribution in [-0.2, 0) is 4.79 Å². The van der Waals surface area contributed by atoms with Gasteiger partial charge in [0.1, 0.15) is 12.2 Å².